The van der Waals surface area contributed by atoms with E-state index in [4.69, 9.17) is 4.74 Å². The van der Waals surface area contributed by atoms with Crippen LogP contribution in [0.4, 0.5) is 0 Å². The SMILES string of the molecule is CCCCCCCCC=CCCCCCCCC1=NC(C)(C)CO1. The van der Waals surface area contributed by atoms with Crippen molar-refractivity contribution in [2.24, 2.45) is 4.99 Å². The number of rotatable bonds is 15. The van der Waals surface area contributed by atoms with Crippen LogP contribution < -0.4 is 0 Å². The molecule has 0 saturated carbocycles. The third-order valence-electron chi connectivity index (χ3n) is 4.67. The van der Waals surface area contributed by atoms with Crippen LogP contribution >= 0.6 is 0 Å². The molecule has 1 aliphatic heterocycles. The highest BCUT2D eigenvalue weighted by Crippen LogP contribution is 2.19. The van der Waals surface area contributed by atoms with Crippen LogP contribution in [0.25, 0.3) is 0 Å². The molecule has 0 fully saturated rings. The van der Waals surface area contributed by atoms with Crippen molar-refractivity contribution in [1.29, 1.82) is 0 Å². The van der Waals surface area contributed by atoms with Crippen LogP contribution in [0.3, 0.4) is 0 Å². The maximum Gasteiger partial charge on any atom is 0.183 e. The number of hydrogen-bond donors (Lipinski definition) is 0. The van der Waals surface area contributed by atoms with Crippen molar-refractivity contribution in [2.75, 3.05) is 6.61 Å². The molecule has 0 aromatic heterocycles. The molecule has 0 saturated heterocycles. The number of nitrogens with zero attached hydrogens (tertiary/aromatic N) is 1. The zero-order chi connectivity index (χ0) is 17.5. The molecule has 2 heteroatoms. The number of allylic oxidation sites excluding steroid dienone is 2. The van der Waals surface area contributed by atoms with E-state index in [1.165, 1.54) is 83.5 Å². The number of ether oxygens (including phenoxy) is 1. The highest BCUT2D eigenvalue weighted by molar-refractivity contribution is 5.78. The molecule has 24 heavy (non-hydrogen) atoms. The van der Waals surface area contributed by atoms with Gasteiger partial charge in [-0.3, -0.25) is 0 Å². The predicted octanol–water partition coefficient (Wildman–Crippen LogP) is 7.23. The Balaban J connectivity index is 1.80. The van der Waals surface area contributed by atoms with Gasteiger partial charge in [-0.2, -0.15) is 0 Å². The first-order valence-electron chi connectivity index (χ1n) is 10.5. The summed E-state index contributed by atoms with van der Waals surface area (Å²) in [6.45, 7) is 7.32. The highest BCUT2D eigenvalue weighted by atomic mass is 16.5. The van der Waals surface area contributed by atoms with Crippen LogP contribution in [0.2, 0.25) is 0 Å². The van der Waals surface area contributed by atoms with Gasteiger partial charge in [-0.05, 0) is 46.0 Å². The van der Waals surface area contributed by atoms with Crippen LogP contribution in [-0.2, 0) is 4.74 Å². The number of hydrogen-bond acceptors (Lipinski definition) is 2. The maximum absolute atomic E-state index is 5.63. The van der Waals surface area contributed by atoms with Crippen LogP contribution in [-0.4, -0.2) is 18.0 Å². The predicted molar refractivity (Wildman–Crippen MR) is 107 cm³/mol. The summed E-state index contributed by atoms with van der Waals surface area (Å²) in [5.74, 6) is 0.984. The molecular weight excluding hydrogens is 294 g/mol. The standard InChI is InChI=1S/C22H41NO/c1-4-5-6-7-8-9-10-11-12-13-14-15-16-17-18-19-21-23-22(2,3)20-24-21/h11-12H,4-10,13-20H2,1-3H3. The fourth-order valence-electron chi connectivity index (χ4n) is 3.14. The molecule has 0 unspecified atom stereocenters. The summed E-state index contributed by atoms with van der Waals surface area (Å²) in [4.78, 5) is 4.61. The molecule has 0 aromatic carbocycles. The second kappa shape index (κ2) is 13.5. The van der Waals surface area contributed by atoms with Crippen LogP contribution in [0.1, 0.15) is 111 Å². The van der Waals surface area contributed by atoms with Gasteiger partial charge in [0.15, 0.2) is 5.90 Å². The third-order valence-corrected chi connectivity index (χ3v) is 4.67. The van der Waals surface area contributed by atoms with Gasteiger partial charge in [0.05, 0.1) is 5.54 Å². The van der Waals surface area contributed by atoms with Crippen molar-refractivity contribution in [3.8, 4) is 0 Å². The summed E-state index contributed by atoms with van der Waals surface area (Å²) < 4.78 is 5.63. The average molecular weight is 336 g/mol. The normalized spacial score (nSPS) is 16.5. The molecule has 2 nitrogen and oxygen atoms in total. The van der Waals surface area contributed by atoms with Crippen molar-refractivity contribution in [2.45, 2.75) is 116 Å². The lowest BCUT2D eigenvalue weighted by Gasteiger charge is -2.07. The van der Waals surface area contributed by atoms with Crippen molar-refractivity contribution in [3.63, 3.8) is 0 Å². The molecule has 0 atom stereocenters. The Morgan fingerprint density at radius 1 is 0.833 bits per heavy atom. The minimum atomic E-state index is 0.0111. The largest absolute Gasteiger partial charge is 0.478 e. The van der Waals surface area contributed by atoms with E-state index in [2.05, 4.69) is 37.9 Å². The smallest absolute Gasteiger partial charge is 0.183 e. The fraction of sp³-hybridized carbons (Fsp3) is 0.864. The van der Waals surface area contributed by atoms with Crippen LogP contribution in [0.15, 0.2) is 17.1 Å². The zero-order valence-electron chi connectivity index (χ0n) is 16.6. The molecule has 0 bridgehead atoms. The molecule has 0 amide bonds. The van der Waals surface area contributed by atoms with Crippen LogP contribution in [0, 0.1) is 0 Å². The average Bonchev–Trinajstić information content (AvgIpc) is 2.90. The monoisotopic (exact) mass is 335 g/mol. The van der Waals surface area contributed by atoms with Crippen LogP contribution in [0.5, 0.6) is 0 Å². The van der Waals surface area contributed by atoms with E-state index in [0.29, 0.717) is 0 Å². The highest BCUT2D eigenvalue weighted by Gasteiger charge is 2.25. The van der Waals surface area contributed by atoms with Gasteiger partial charge in [0, 0.05) is 6.42 Å². The fourth-order valence-corrected chi connectivity index (χ4v) is 3.14. The van der Waals surface area contributed by atoms with Crippen molar-refractivity contribution in [3.05, 3.63) is 12.2 Å². The molecule has 0 radical (unpaired) electrons. The zero-order valence-corrected chi connectivity index (χ0v) is 16.6. The van der Waals surface area contributed by atoms with Gasteiger partial charge in [-0.1, -0.05) is 70.4 Å². The Morgan fingerprint density at radius 2 is 1.38 bits per heavy atom. The Labute approximate surface area is 151 Å². The molecule has 0 aromatic rings. The molecule has 1 rings (SSSR count). The Kier molecular flexibility index (Phi) is 12.0. The van der Waals surface area contributed by atoms with Crippen molar-refractivity contribution in [1.82, 2.24) is 0 Å². The van der Waals surface area contributed by atoms with E-state index in [0.717, 1.165) is 18.9 Å². The molecule has 140 valence electrons. The second-order valence-electron chi connectivity index (χ2n) is 7.94. The van der Waals surface area contributed by atoms with E-state index in [9.17, 15) is 0 Å². The molecule has 0 N–H and O–H groups in total. The Morgan fingerprint density at radius 3 is 1.92 bits per heavy atom. The Hall–Kier alpha value is -0.790. The summed E-state index contributed by atoms with van der Waals surface area (Å²) in [5.41, 5.74) is 0.0111. The second-order valence-corrected chi connectivity index (χ2v) is 7.94. The molecule has 0 aliphatic carbocycles. The topological polar surface area (TPSA) is 21.6 Å². The van der Waals surface area contributed by atoms with Gasteiger partial charge in [0.2, 0.25) is 0 Å². The van der Waals surface area contributed by atoms with Gasteiger partial charge in [0.25, 0.3) is 0 Å². The maximum atomic E-state index is 5.63. The quantitative estimate of drug-likeness (QED) is 0.228. The lowest BCUT2D eigenvalue weighted by molar-refractivity contribution is 0.273. The van der Waals surface area contributed by atoms with Crippen molar-refractivity contribution < 1.29 is 4.74 Å². The first-order valence-corrected chi connectivity index (χ1v) is 10.5. The van der Waals surface area contributed by atoms with Gasteiger partial charge >= 0.3 is 0 Å². The molecule has 1 heterocycles. The summed E-state index contributed by atoms with van der Waals surface area (Å²) in [5, 5.41) is 0. The van der Waals surface area contributed by atoms with E-state index >= 15 is 0 Å². The van der Waals surface area contributed by atoms with Gasteiger partial charge in [-0.15, -0.1) is 0 Å². The minimum absolute atomic E-state index is 0.0111. The van der Waals surface area contributed by atoms with Crippen molar-refractivity contribution >= 4 is 5.90 Å². The molecule has 0 spiro atoms. The van der Waals surface area contributed by atoms with E-state index in [1.807, 2.05) is 0 Å². The van der Waals surface area contributed by atoms with Gasteiger partial charge < -0.3 is 4.74 Å². The number of aliphatic imine (C=N–C) groups is 1. The van der Waals surface area contributed by atoms with E-state index in [1.54, 1.807) is 0 Å². The molecule has 1 aliphatic rings. The summed E-state index contributed by atoms with van der Waals surface area (Å²) in [6.07, 6.45) is 23.4. The van der Waals surface area contributed by atoms with E-state index < -0.39 is 0 Å². The number of unbranched alkanes of at least 4 members (excludes halogenated alkanes) is 11. The molecular formula is C22H41NO. The van der Waals surface area contributed by atoms with Gasteiger partial charge in [0.1, 0.15) is 6.61 Å². The summed E-state index contributed by atoms with van der Waals surface area (Å²) >= 11 is 0. The first kappa shape index (κ1) is 21.3. The lowest BCUT2D eigenvalue weighted by Crippen LogP contribution is -2.17. The van der Waals surface area contributed by atoms with E-state index in [-0.39, 0.29) is 5.54 Å². The third kappa shape index (κ3) is 11.7. The summed E-state index contributed by atoms with van der Waals surface area (Å²) in [6, 6.07) is 0. The lowest BCUT2D eigenvalue weighted by atomic mass is 10.1. The first-order chi connectivity index (χ1) is 11.6. The Bertz CT molecular complexity index is 357. The summed E-state index contributed by atoms with van der Waals surface area (Å²) in [7, 11) is 0. The van der Waals surface area contributed by atoms with Gasteiger partial charge in [-0.25, -0.2) is 4.99 Å². The minimum Gasteiger partial charge on any atom is -0.478 e.